The molecule has 206 valence electrons. The van der Waals surface area contributed by atoms with Crippen molar-refractivity contribution in [3.8, 4) is 0 Å². The van der Waals surface area contributed by atoms with Crippen LogP contribution in [0.3, 0.4) is 0 Å². The topological polar surface area (TPSA) is 197 Å². The molecular weight excluding hydrogens is 570 g/mol. The van der Waals surface area contributed by atoms with Gasteiger partial charge in [0, 0.05) is 16.9 Å². The smallest absolute Gasteiger partial charge is 0.352 e. The van der Waals surface area contributed by atoms with Gasteiger partial charge in [-0.15, -0.1) is 34.9 Å². The summed E-state index contributed by atoms with van der Waals surface area (Å²) >= 11 is 3.86. The number of thiazole rings is 1. The predicted octanol–water partition coefficient (Wildman–Crippen LogP) is -0.492. The Kier molecular flexibility index (Phi) is 7.06. The number of nitrogen functional groups attached to an aromatic ring is 1. The van der Waals surface area contributed by atoms with Gasteiger partial charge < -0.3 is 26.3 Å². The van der Waals surface area contributed by atoms with Crippen molar-refractivity contribution in [1.29, 1.82) is 0 Å². The van der Waals surface area contributed by atoms with Crippen LogP contribution in [0, 0.1) is 0 Å². The molecule has 4 aliphatic rings. The third kappa shape index (κ3) is 4.43. The lowest BCUT2D eigenvalue weighted by Gasteiger charge is -2.51. The minimum absolute atomic E-state index is 0.0630. The molecule has 0 spiro atoms. The van der Waals surface area contributed by atoms with Crippen LogP contribution in [0.2, 0.25) is 0 Å². The molecule has 1 aromatic heterocycles. The highest BCUT2D eigenvalue weighted by Gasteiger charge is 2.57. The number of nitrogens with one attached hydrogen (secondary N) is 2. The average molecular weight is 594 g/mol. The molecule has 39 heavy (non-hydrogen) atoms. The van der Waals surface area contributed by atoms with Crippen molar-refractivity contribution < 1.29 is 33.9 Å². The van der Waals surface area contributed by atoms with Crippen LogP contribution < -0.4 is 16.4 Å². The number of oxime groups is 1. The van der Waals surface area contributed by atoms with Crippen LogP contribution in [0.5, 0.6) is 0 Å². The van der Waals surface area contributed by atoms with Gasteiger partial charge in [0.15, 0.2) is 10.8 Å². The van der Waals surface area contributed by atoms with Crippen LogP contribution in [-0.4, -0.2) is 96.6 Å². The fraction of sp³-hybridized carbons (Fsp3) is 0.409. The number of carboxylic acid groups (broad SMARTS) is 1. The minimum Gasteiger partial charge on any atom is -0.477 e. The zero-order valence-corrected chi connectivity index (χ0v) is 23.2. The Morgan fingerprint density at radius 2 is 1.62 bits per heavy atom. The SMILES string of the molecule is CO/N=C(\C(=O)N[C@@H]1C(=O)N2C(C(=O)N[C@@H]3C(=O)N4C(C(=O)O)=C(C)CS[C@H]34)=C(C)CS[C@H]12)c1csc(N)n1. The van der Waals surface area contributed by atoms with Crippen LogP contribution in [0.4, 0.5) is 5.13 Å². The van der Waals surface area contributed by atoms with E-state index in [-0.39, 0.29) is 27.9 Å². The van der Waals surface area contributed by atoms with Crippen LogP contribution in [0.15, 0.2) is 33.1 Å². The molecule has 4 aliphatic heterocycles. The Balaban J connectivity index is 1.28. The number of carbonyl (C=O) groups is 5. The molecule has 0 aromatic carbocycles. The van der Waals surface area contributed by atoms with Gasteiger partial charge in [-0.3, -0.25) is 29.0 Å². The first-order valence-electron chi connectivity index (χ1n) is 11.5. The molecule has 5 rings (SSSR count). The van der Waals surface area contributed by atoms with Crippen molar-refractivity contribution in [2.45, 2.75) is 36.7 Å². The number of carboxylic acids is 1. The summed E-state index contributed by atoms with van der Waals surface area (Å²) in [7, 11) is 1.27. The van der Waals surface area contributed by atoms with Gasteiger partial charge in [0.25, 0.3) is 23.6 Å². The first-order chi connectivity index (χ1) is 18.5. The van der Waals surface area contributed by atoms with E-state index in [1.54, 1.807) is 13.8 Å². The lowest BCUT2D eigenvalue weighted by atomic mass is 10.0. The summed E-state index contributed by atoms with van der Waals surface area (Å²) in [4.78, 5) is 75.2. The zero-order valence-electron chi connectivity index (χ0n) is 20.8. The second kappa shape index (κ2) is 10.2. The monoisotopic (exact) mass is 593 g/mol. The number of anilines is 1. The maximum atomic E-state index is 13.3. The predicted molar refractivity (Wildman–Crippen MR) is 143 cm³/mol. The Hall–Kier alpha value is -3.57. The zero-order chi connectivity index (χ0) is 28.2. The molecule has 0 aliphatic carbocycles. The van der Waals surface area contributed by atoms with Crippen LogP contribution >= 0.6 is 34.9 Å². The maximum Gasteiger partial charge on any atom is 0.352 e. The first kappa shape index (κ1) is 27.0. The van der Waals surface area contributed by atoms with Crippen LogP contribution in [0.25, 0.3) is 0 Å². The van der Waals surface area contributed by atoms with Crippen molar-refractivity contribution in [3.05, 3.63) is 33.6 Å². The molecule has 4 amide bonds. The molecule has 4 atom stereocenters. The van der Waals surface area contributed by atoms with Gasteiger partial charge in [0.1, 0.15) is 47.0 Å². The third-order valence-electron chi connectivity index (χ3n) is 6.47. The average Bonchev–Trinajstić information content (AvgIpc) is 3.33. The summed E-state index contributed by atoms with van der Waals surface area (Å²) in [5.74, 6) is -2.69. The Morgan fingerprint density at radius 3 is 2.15 bits per heavy atom. The highest BCUT2D eigenvalue weighted by Crippen LogP contribution is 2.42. The lowest BCUT2D eigenvalue weighted by Crippen LogP contribution is -2.73. The summed E-state index contributed by atoms with van der Waals surface area (Å²) in [5.41, 5.74) is 6.96. The molecule has 0 saturated carbocycles. The number of nitrogens with zero attached hydrogens (tertiary/aromatic N) is 4. The fourth-order valence-electron chi connectivity index (χ4n) is 4.68. The summed E-state index contributed by atoms with van der Waals surface area (Å²) in [6.45, 7) is 3.37. The fourth-order valence-corrected chi connectivity index (χ4v) is 7.81. The minimum atomic E-state index is -1.20. The number of β-lactam (4-membered cyclic amide) rings is 2. The number of rotatable bonds is 7. The first-order valence-corrected chi connectivity index (χ1v) is 14.5. The van der Waals surface area contributed by atoms with E-state index in [1.165, 1.54) is 45.8 Å². The summed E-state index contributed by atoms with van der Waals surface area (Å²) in [6.07, 6.45) is 0. The quantitative estimate of drug-likeness (QED) is 0.181. The van der Waals surface area contributed by atoms with Crippen molar-refractivity contribution in [1.82, 2.24) is 25.4 Å². The number of amides is 4. The van der Waals surface area contributed by atoms with Gasteiger partial charge in [-0.1, -0.05) is 5.16 Å². The van der Waals surface area contributed by atoms with Crippen molar-refractivity contribution in [2.24, 2.45) is 5.16 Å². The van der Waals surface area contributed by atoms with E-state index in [1.807, 2.05) is 0 Å². The van der Waals surface area contributed by atoms with E-state index >= 15 is 0 Å². The highest BCUT2D eigenvalue weighted by molar-refractivity contribution is 8.00. The molecule has 0 bridgehead atoms. The molecule has 0 unspecified atom stereocenters. The summed E-state index contributed by atoms with van der Waals surface area (Å²) in [6, 6.07) is -1.86. The number of fused-ring (bicyclic) bond motifs is 2. The van der Waals surface area contributed by atoms with E-state index < -0.39 is 52.4 Å². The number of aliphatic carboxylic acids is 1. The Morgan fingerprint density at radius 1 is 1.05 bits per heavy atom. The number of nitrogens with two attached hydrogens (primary N) is 1. The third-order valence-corrected chi connectivity index (χ3v) is 9.99. The van der Waals surface area contributed by atoms with E-state index in [0.29, 0.717) is 22.7 Å². The lowest BCUT2D eigenvalue weighted by molar-refractivity contribution is -0.151. The standard InChI is InChI=1S/C22H23N7O7S3/c1-7-4-37-19-11(25-15(30)10(27-36-3)9-6-39-22(23)24-9)17(32)28(19)13(7)16(31)26-12-18(33)29-14(21(34)35)8(2)5-38-20(12)29/h6,11-12,19-20H,4-5H2,1-3H3,(H2,23,24)(H,25,30)(H,26,31)(H,34,35)/b27-10-/t11-,12-,19-,20-/m1/s1. The molecule has 1 aromatic rings. The summed E-state index contributed by atoms with van der Waals surface area (Å²) < 4.78 is 0. The van der Waals surface area contributed by atoms with Crippen LogP contribution in [0.1, 0.15) is 19.5 Å². The molecule has 2 saturated heterocycles. The number of thioether (sulfide) groups is 2. The van der Waals surface area contributed by atoms with E-state index in [2.05, 4.69) is 20.8 Å². The second-order valence-electron chi connectivity index (χ2n) is 8.98. The Labute approximate surface area is 234 Å². The number of hydrogen-bond acceptors (Lipinski definition) is 12. The van der Waals surface area contributed by atoms with Gasteiger partial charge in [-0.25, -0.2) is 9.78 Å². The second-order valence-corrected chi connectivity index (χ2v) is 12.1. The number of hydrogen-bond donors (Lipinski definition) is 4. The van der Waals surface area contributed by atoms with Gasteiger partial charge >= 0.3 is 5.97 Å². The Bertz CT molecular complexity index is 1400. The molecule has 14 nitrogen and oxygen atoms in total. The molecule has 0 radical (unpaired) electrons. The van der Waals surface area contributed by atoms with Crippen LogP contribution in [-0.2, 0) is 28.8 Å². The van der Waals surface area contributed by atoms with Gasteiger partial charge in [0.05, 0.1) is 0 Å². The van der Waals surface area contributed by atoms with Crippen molar-refractivity contribution >= 4 is 75.3 Å². The van der Waals surface area contributed by atoms with Crippen molar-refractivity contribution in [3.63, 3.8) is 0 Å². The highest BCUT2D eigenvalue weighted by atomic mass is 32.2. The van der Waals surface area contributed by atoms with E-state index in [4.69, 9.17) is 10.6 Å². The van der Waals surface area contributed by atoms with Gasteiger partial charge in [-0.2, -0.15) is 0 Å². The molecule has 5 heterocycles. The van der Waals surface area contributed by atoms with E-state index in [9.17, 15) is 29.1 Å². The largest absolute Gasteiger partial charge is 0.477 e. The normalized spacial score (nSPS) is 26.4. The van der Waals surface area contributed by atoms with Gasteiger partial charge in [-0.05, 0) is 25.0 Å². The maximum absolute atomic E-state index is 13.3. The van der Waals surface area contributed by atoms with E-state index in [0.717, 1.165) is 11.3 Å². The molecule has 5 N–H and O–H groups in total. The number of carbonyl (C=O) groups excluding carboxylic acids is 4. The molecule has 17 heteroatoms. The molecular formula is C22H23N7O7S3. The summed E-state index contributed by atoms with van der Waals surface area (Å²) in [5, 5.41) is 19.2. The van der Waals surface area contributed by atoms with Gasteiger partial charge in [0.2, 0.25) is 0 Å². The van der Waals surface area contributed by atoms with Crippen molar-refractivity contribution in [2.75, 3.05) is 24.3 Å². The molecule has 2 fully saturated rings. The number of aromatic nitrogens is 1.